The molecule has 2 aliphatic rings. The molecule has 1 aromatic heterocycles. The van der Waals surface area contributed by atoms with E-state index in [2.05, 4.69) is 10.2 Å². The largest absolute Gasteiger partial charge is 0.452 e. The molecule has 4 rings (SSSR count). The second kappa shape index (κ2) is 6.51. The van der Waals surface area contributed by atoms with Crippen molar-refractivity contribution in [2.75, 3.05) is 0 Å². The smallest absolute Gasteiger partial charge is 0.309 e. The number of nitro groups is 1. The van der Waals surface area contributed by atoms with Crippen LogP contribution < -0.4 is 0 Å². The highest BCUT2D eigenvalue weighted by molar-refractivity contribution is 5.73. The third-order valence-corrected chi connectivity index (χ3v) is 5.45. The minimum Gasteiger partial charge on any atom is -0.452 e. The van der Waals surface area contributed by atoms with Crippen molar-refractivity contribution in [3.63, 3.8) is 0 Å². The van der Waals surface area contributed by atoms with E-state index in [1.165, 1.54) is 18.6 Å². The zero-order valence-electron chi connectivity index (χ0n) is 14.3. The Labute approximate surface area is 149 Å². The fourth-order valence-corrected chi connectivity index (χ4v) is 4.09. The molecule has 8 nitrogen and oxygen atoms in total. The van der Waals surface area contributed by atoms with Gasteiger partial charge >= 0.3 is 5.97 Å². The van der Waals surface area contributed by atoms with Gasteiger partial charge in [-0.1, -0.05) is 6.42 Å². The van der Waals surface area contributed by atoms with Crippen LogP contribution in [-0.4, -0.2) is 21.1 Å². The summed E-state index contributed by atoms with van der Waals surface area (Å²) in [5.41, 5.74) is 0.558. The first-order valence-corrected chi connectivity index (χ1v) is 8.80. The predicted molar refractivity (Wildman–Crippen MR) is 89.8 cm³/mol. The number of aromatic nitrogens is 2. The number of nitro benzene ring substituents is 1. The number of nitrogens with zero attached hydrogens (tertiary/aromatic N) is 3. The van der Waals surface area contributed by atoms with Gasteiger partial charge in [0, 0.05) is 17.7 Å². The van der Waals surface area contributed by atoms with E-state index < -0.39 is 11.0 Å². The highest BCUT2D eigenvalue weighted by Gasteiger charge is 2.44. The zero-order chi connectivity index (χ0) is 18.3. The second-order valence-electron chi connectivity index (χ2n) is 7.11. The maximum absolute atomic E-state index is 12.4. The minimum atomic E-state index is -0.624. The van der Waals surface area contributed by atoms with E-state index in [1.807, 2.05) is 0 Å². The quantitative estimate of drug-likeness (QED) is 0.456. The van der Waals surface area contributed by atoms with Crippen molar-refractivity contribution in [1.29, 1.82) is 0 Å². The predicted octanol–water partition coefficient (Wildman–Crippen LogP) is 3.69. The Balaban J connectivity index is 1.42. The van der Waals surface area contributed by atoms with Crippen LogP contribution >= 0.6 is 0 Å². The minimum absolute atomic E-state index is 0.00624. The maximum atomic E-state index is 12.4. The van der Waals surface area contributed by atoms with Gasteiger partial charge in [-0.05, 0) is 50.2 Å². The number of rotatable bonds is 5. The van der Waals surface area contributed by atoms with Crippen LogP contribution in [0.25, 0.3) is 11.5 Å². The van der Waals surface area contributed by atoms with Crippen molar-refractivity contribution in [3.05, 3.63) is 40.3 Å². The summed E-state index contributed by atoms with van der Waals surface area (Å²) in [7, 11) is 0. The number of hydrogen-bond donors (Lipinski definition) is 0. The summed E-state index contributed by atoms with van der Waals surface area (Å²) in [4.78, 5) is 22.7. The average molecular weight is 357 g/mol. The molecule has 0 saturated heterocycles. The van der Waals surface area contributed by atoms with Gasteiger partial charge in [0.05, 0.1) is 10.8 Å². The summed E-state index contributed by atoms with van der Waals surface area (Å²) in [6.45, 7) is 1.71. The van der Waals surface area contributed by atoms with Gasteiger partial charge in [-0.25, -0.2) is 0 Å². The first-order valence-electron chi connectivity index (χ1n) is 8.80. The lowest BCUT2D eigenvalue weighted by atomic mass is 9.89. The molecule has 1 heterocycles. The van der Waals surface area contributed by atoms with Crippen LogP contribution in [0.15, 0.2) is 28.7 Å². The van der Waals surface area contributed by atoms with E-state index in [4.69, 9.17) is 9.15 Å². The lowest BCUT2D eigenvalue weighted by Gasteiger charge is -2.21. The first-order chi connectivity index (χ1) is 12.5. The van der Waals surface area contributed by atoms with E-state index in [-0.39, 0.29) is 29.4 Å². The third-order valence-electron chi connectivity index (χ3n) is 5.45. The van der Waals surface area contributed by atoms with Gasteiger partial charge in [0.15, 0.2) is 6.10 Å². The molecule has 4 atom stereocenters. The summed E-state index contributed by atoms with van der Waals surface area (Å²) in [5.74, 6) is 1.39. The summed E-state index contributed by atoms with van der Waals surface area (Å²) in [5, 5.41) is 18.6. The van der Waals surface area contributed by atoms with E-state index >= 15 is 0 Å². The molecule has 2 bridgehead atoms. The average Bonchev–Trinajstić information content (AvgIpc) is 3.38. The monoisotopic (exact) mass is 357 g/mol. The number of carbonyl (C=O) groups excluding carboxylic acids is 1. The van der Waals surface area contributed by atoms with Crippen LogP contribution in [0, 0.1) is 27.9 Å². The van der Waals surface area contributed by atoms with Crippen molar-refractivity contribution in [1.82, 2.24) is 10.2 Å². The number of fused-ring (bicyclic) bond motifs is 2. The van der Waals surface area contributed by atoms with E-state index in [0.717, 1.165) is 19.3 Å². The summed E-state index contributed by atoms with van der Waals surface area (Å²) in [6, 6.07) is 5.83. The highest BCUT2D eigenvalue weighted by Crippen LogP contribution is 2.49. The standard InChI is InChI=1S/C18H19N3O5/c1-10(25-18(22)15-9-11-2-3-13(15)8-11)16-19-20-17(26-16)12-4-6-14(7-5-12)21(23)24/h4-7,10-11,13,15H,2-3,8-9H2,1H3/t10-,11+,13+,15-/m1/s1. The normalized spacial score (nSPS) is 25.2. The number of benzene rings is 1. The van der Waals surface area contributed by atoms with Gasteiger partial charge in [0.2, 0.25) is 5.89 Å². The van der Waals surface area contributed by atoms with Gasteiger partial charge in [-0.2, -0.15) is 0 Å². The second-order valence-corrected chi connectivity index (χ2v) is 7.11. The van der Waals surface area contributed by atoms with Crippen LogP contribution in [-0.2, 0) is 9.53 Å². The molecule has 0 radical (unpaired) electrons. The van der Waals surface area contributed by atoms with E-state index in [0.29, 0.717) is 17.4 Å². The molecule has 2 fully saturated rings. The molecule has 2 saturated carbocycles. The molecule has 0 aliphatic heterocycles. The van der Waals surface area contributed by atoms with E-state index in [9.17, 15) is 14.9 Å². The Kier molecular flexibility index (Phi) is 4.18. The third kappa shape index (κ3) is 3.07. The highest BCUT2D eigenvalue weighted by atomic mass is 16.6. The molecule has 26 heavy (non-hydrogen) atoms. The van der Waals surface area contributed by atoms with Crippen LogP contribution in [0.5, 0.6) is 0 Å². The molecule has 2 aromatic rings. The topological polar surface area (TPSA) is 108 Å². The van der Waals surface area contributed by atoms with Crippen LogP contribution in [0.2, 0.25) is 0 Å². The van der Waals surface area contributed by atoms with Gasteiger partial charge in [0.25, 0.3) is 11.6 Å². The number of esters is 1. The summed E-state index contributed by atoms with van der Waals surface area (Å²) in [6.07, 6.45) is 3.78. The number of ether oxygens (including phenoxy) is 1. The molecule has 0 unspecified atom stereocenters. The Morgan fingerprint density at radius 3 is 2.65 bits per heavy atom. The van der Waals surface area contributed by atoms with Crippen LogP contribution in [0.4, 0.5) is 5.69 Å². The number of hydrogen-bond acceptors (Lipinski definition) is 7. The fraction of sp³-hybridized carbons (Fsp3) is 0.500. The van der Waals surface area contributed by atoms with Crippen molar-refractivity contribution in [3.8, 4) is 11.5 Å². The van der Waals surface area contributed by atoms with Crippen molar-refractivity contribution >= 4 is 11.7 Å². The summed E-state index contributed by atoms with van der Waals surface area (Å²) >= 11 is 0. The Bertz CT molecular complexity index is 832. The number of carbonyl (C=O) groups is 1. The lowest BCUT2D eigenvalue weighted by molar-refractivity contribution is -0.384. The fourth-order valence-electron chi connectivity index (χ4n) is 4.09. The lowest BCUT2D eigenvalue weighted by Crippen LogP contribution is -2.24. The number of non-ortho nitro benzene ring substituents is 1. The van der Waals surface area contributed by atoms with Crippen LogP contribution in [0.1, 0.15) is 44.6 Å². The molecule has 0 amide bonds. The van der Waals surface area contributed by atoms with Crippen molar-refractivity contribution in [2.24, 2.45) is 17.8 Å². The van der Waals surface area contributed by atoms with Gasteiger partial charge in [-0.15, -0.1) is 10.2 Å². The molecular weight excluding hydrogens is 338 g/mol. The van der Waals surface area contributed by atoms with Crippen molar-refractivity contribution < 1.29 is 18.9 Å². The molecule has 0 N–H and O–H groups in total. The Morgan fingerprint density at radius 2 is 2.04 bits per heavy atom. The molecular formula is C18H19N3O5. The van der Waals surface area contributed by atoms with Crippen LogP contribution in [0.3, 0.4) is 0 Å². The van der Waals surface area contributed by atoms with Gasteiger partial charge in [0.1, 0.15) is 0 Å². The molecule has 0 spiro atoms. The first kappa shape index (κ1) is 16.7. The van der Waals surface area contributed by atoms with E-state index in [1.54, 1.807) is 19.1 Å². The Hall–Kier alpha value is -2.77. The molecule has 1 aromatic carbocycles. The SMILES string of the molecule is C[C@@H](OC(=O)[C@@H]1C[C@H]2CC[C@H]1C2)c1nnc(-c2ccc([N+](=O)[O-])cc2)o1. The molecule has 8 heteroatoms. The van der Waals surface area contributed by atoms with Crippen molar-refractivity contribution in [2.45, 2.75) is 38.7 Å². The van der Waals surface area contributed by atoms with Gasteiger partial charge < -0.3 is 9.15 Å². The van der Waals surface area contributed by atoms with Gasteiger partial charge in [-0.3, -0.25) is 14.9 Å². The molecule has 2 aliphatic carbocycles. The molecule has 136 valence electrons. The Morgan fingerprint density at radius 1 is 1.27 bits per heavy atom. The summed E-state index contributed by atoms with van der Waals surface area (Å²) < 4.78 is 11.1. The maximum Gasteiger partial charge on any atom is 0.309 e. The zero-order valence-corrected chi connectivity index (χ0v) is 14.3.